The van der Waals surface area contributed by atoms with Crippen LogP contribution in [0.3, 0.4) is 0 Å². The predicted molar refractivity (Wildman–Crippen MR) is 105 cm³/mol. The van der Waals surface area contributed by atoms with E-state index in [0.29, 0.717) is 0 Å². The Morgan fingerprint density at radius 2 is 1.17 bits per heavy atom. The van der Waals surface area contributed by atoms with Gasteiger partial charge in [-0.05, 0) is 106 Å². The van der Waals surface area contributed by atoms with Gasteiger partial charge in [0.15, 0.2) is 0 Å². The van der Waals surface area contributed by atoms with Gasteiger partial charge in [-0.25, -0.2) is 0 Å². The lowest BCUT2D eigenvalue weighted by Gasteiger charge is -2.24. The highest BCUT2D eigenvalue weighted by molar-refractivity contribution is 7.12. The van der Waals surface area contributed by atoms with Crippen molar-refractivity contribution in [2.24, 2.45) is 0 Å². The molecule has 0 amide bonds. The van der Waals surface area contributed by atoms with Crippen LogP contribution in [0.2, 0.25) is 0 Å². The predicted octanol–water partition coefficient (Wildman–Crippen LogP) is 7.49. The van der Waals surface area contributed by atoms with Crippen LogP contribution in [0.5, 0.6) is 0 Å². The molecule has 2 aromatic rings. The topological polar surface area (TPSA) is 0 Å². The van der Waals surface area contributed by atoms with Gasteiger partial charge in [-0.1, -0.05) is 13.8 Å². The molecule has 6 rings (SSSR count). The minimum absolute atomic E-state index is 0.786. The minimum Gasteiger partial charge on any atom is -0.144 e. The average Bonchev–Trinajstić information content (AvgIpc) is 3.31. The lowest BCUT2D eigenvalue weighted by atomic mass is 9.80. The summed E-state index contributed by atoms with van der Waals surface area (Å²) >= 11 is 4.12. The van der Waals surface area contributed by atoms with Crippen molar-refractivity contribution in [2.45, 2.75) is 76.0 Å². The van der Waals surface area contributed by atoms with Crippen LogP contribution in [0.25, 0.3) is 11.1 Å². The molecule has 0 aromatic carbocycles. The van der Waals surface area contributed by atoms with E-state index in [1.807, 2.05) is 0 Å². The highest BCUT2D eigenvalue weighted by Crippen LogP contribution is 2.61. The Morgan fingerprint density at radius 3 is 1.62 bits per heavy atom. The summed E-state index contributed by atoms with van der Waals surface area (Å²) in [6.07, 6.45) is 8.30. The second kappa shape index (κ2) is 4.86. The zero-order valence-electron chi connectivity index (χ0n) is 14.5. The van der Waals surface area contributed by atoms with E-state index in [4.69, 9.17) is 0 Å². The largest absolute Gasteiger partial charge is 0.144 e. The fourth-order valence-electron chi connectivity index (χ4n) is 5.94. The molecule has 2 heteroatoms. The van der Waals surface area contributed by atoms with Crippen LogP contribution < -0.4 is 0 Å². The van der Waals surface area contributed by atoms with Gasteiger partial charge in [-0.3, -0.25) is 0 Å². The molecule has 0 saturated heterocycles. The van der Waals surface area contributed by atoms with Crippen molar-refractivity contribution >= 4 is 33.8 Å². The molecule has 4 atom stereocenters. The molecular formula is C22H24S2. The van der Waals surface area contributed by atoms with Crippen molar-refractivity contribution in [2.75, 3.05) is 0 Å². The summed E-state index contributed by atoms with van der Waals surface area (Å²) in [5.74, 6) is 3.25. The first-order valence-corrected chi connectivity index (χ1v) is 11.4. The van der Waals surface area contributed by atoms with Crippen LogP contribution in [0.1, 0.15) is 108 Å². The Labute approximate surface area is 152 Å². The van der Waals surface area contributed by atoms with Gasteiger partial charge in [0, 0.05) is 9.75 Å². The Hall–Kier alpha value is -0.860. The van der Waals surface area contributed by atoms with E-state index in [1.165, 1.54) is 38.5 Å². The molecule has 0 saturated carbocycles. The fourth-order valence-corrected chi connectivity index (χ4v) is 8.67. The maximum atomic E-state index is 2.49. The van der Waals surface area contributed by atoms with Crippen molar-refractivity contribution in [3.63, 3.8) is 0 Å². The first-order chi connectivity index (χ1) is 11.7. The summed E-state index contributed by atoms with van der Waals surface area (Å²) in [7, 11) is 0. The van der Waals surface area contributed by atoms with E-state index < -0.39 is 0 Å². The minimum atomic E-state index is 0.786. The summed E-state index contributed by atoms with van der Waals surface area (Å²) in [6, 6.07) is 0. The zero-order valence-corrected chi connectivity index (χ0v) is 16.2. The highest BCUT2D eigenvalue weighted by atomic mass is 32.1. The third-order valence-corrected chi connectivity index (χ3v) is 9.45. The molecule has 4 aliphatic carbocycles. The second-order valence-electron chi connectivity index (χ2n) is 8.58. The van der Waals surface area contributed by atoms with E-state index in [0.717, 1.165) is 23.7 Å². The first kappa shape index (κ1) is 14.3. The van der Waals surface area contributed by atoms with Gasteiger partial charge in [-0.2, -0.15) is 0 Å². The fraction of sp³-hybridized carbons (Fsp3) is 0.545. The smallest absolute Gasteiger partial charge is 0.0343 e. The van der Waals surface area contributed by atoms with E-state index >= 15 is 0 Å². The molecule has 124 valence electrons. The molecule has 0 nitrogen and oxygen atoms in total. The van der Waals surface area contributed by atoms with Crippen molar-refractivity contribution < 1.29 is 0 Å². The van der Waals surface area contributed by atoms with Gasteiger partial charge in [0.25, 0.3) is 0 Å². The molecule has 2 heterocycles. The van der Waals surface area contributed by atoms with Gasteiger partial charge < -0.3 is 0 Å². The number of hydrogen-bond acceptors (Lipinski definition) is 2. The monoisotopic (exact) mass is 352 g/mol. The summed E-state index contributed by atoms with van der Waals surface area (Å²) in [6.45, 7) is 4.87. The van der Waals surface area contributed by atoms with Crippen LogP contribution in [0.15, 0.2) is 10.8 Å². The number of thiophene rings is 2. The summed E-state index contributed by atoms with van der Waals surface area (Å²) in [5, 5.41) is 4.99. The molecule has 2 aromatic heterocycles. The third kappa shape index (κ3) is 1.69. The van der Waals surface area contributed by atoms with Crippen molar-refractivity contribution in [3.05, 3.63) is 42.8 Å². The van der Waals surface area contributed by atoms with Gasteiger partial charge in [0.1, 0.15) is 0 Å². The van der Waals surface area contributed by atoms with Crippen molar-refractivity contribution in [1.82, 2.24) is 0 Å². The highest BCUT2D eigenvalue weighted by Gasteiger charge is 2.41. The molecular weight excluding hydrogens is 328 g/mol. The van der Waals surface area contributed by atoms with Crippen LogP contribution >= 0.6 is 22.7 Å². The van der Waals surface area contributed by atoms with Gasteiger partial charge >= 0.3 is 0 Å². The van der Waals surface area contributed by atoms with E-state index in [9.17, 15) is 0 Å². The quantitative estimate of drug-likeness (QED) is 0.461. The number of rotatable bonds is 0. The number of hydrogen-bond donors (Lipinski definition) is 0. The Kier molecular flexibility index (Phi) is 2.90. The molecule has 0 aliphatic heterocycles. The SMILES string of the molecule is CC1CCC2C/C(=C3/CC4CCC(C)c5csc3c54)c3scc1c32. The van der Waals surface area contributed by atoms with Crippen LogP contribution in [-0.2, 0) is 0 Å². The van der Waals surface area contributed by atoms with E-state index in [-0.39, 0.29) is 0 Å². The molecule has 0 N–H and O–H groups in total. The second-order valence-corrected chi connectivity index (χ2v) is 10.3. The summed E-state index contributed by atoms with van der Waals surface area (Å²) in [4.78, 5) is 3.37. The van der Waals surface area contributed by atoms with Gasteiger partial charge in [-0.15, -0.1) is 22.7 Å². The van der Waals surface area contributed by atoms with Gasteiger partial charge in [0.2, 0.25) is 0 Å². The standard InChI is InChI=1S/C22H24S2/c1-11-3-5-13-7-15(21-19(13)17(11)9-23-21)16-8-14-6-4-12(2)18-10-24-22(16)20(14)18/h9-14H,3-8H2,1-2H3/b16-15+. The normalized spacial score (nSPS) is 36.1. The summed E-state index contributed by atoms with van der Waals surface area (Å²) < 4.78 is 0. The Bertz CT molecular complexity index is 806. The molecule has 4 aliphatic rings. The molecule has 0 spiro atoms. The zero-order chi connectivity index (χ0) is 16.0. The van der Waals surface area contributed by atoms with Gasteiger partial charge in [0.05, 0.1) is 0 Å². The molecule has 0 bridgehead atoms. The molecule has 4 unspecified atom stereocenters. The van der Waals surface area contributed by atoms with Crippen LogP contribution in [0.4, 0.5) is 0 Å². The van der Waals surface area contributed by atoms with E-state index in [2.05, 4.69) is 47.3 Å². The average molecular weight is 353 g/mol. The van der Waals surface area contributed by atoms with Crippen LogP contribution in [-0.4, -0.2) is 0 Å². The molecule has 0 fully saturated rings. The molecule has 24 heavy (non-hydrogen) atoms. The molecule has 0 radical (unpaired) electrons. The van der Waals surface area contributed by atoms with Crippen molar-refractivity contribution in [3.8, 4) is 0 Å². The number of allylic oxidation sites excluding steroid dienone is 2. The Balaban J connectivity index is 1.54. The van der Waals surface area contributed by atoms with Crippen LogP contribution in [0, 0.1) is 0 Å². The van der Waals surface area contributed by atoms with E-state index in [1.54, 1.807) is 43.2 Å². The Morgan fingerprint density at radius 1 is 0.708 bits per heavy atom. The van der Waals surface area contributed by atoms with Crippen molar-refractivity contribution in [1.29, 1.82) is 0 Å². The maximum absolute atomic E-state index is 2.49. The third-order valence-electron chi connectivity index (χ3n) is 7.31. The summed E-state index contributed by atoms with van der Waals surface area (Å²) in [5.41, 5.74) is 10.4. The lowest BCUT2D eigenvalue weighted by molar-refractivity contribution is 0.519. The first-order valence-electron chi connectivity index (χ1n) is 9.67. The maximum Gasteiger partial charge on any atom is 0.0343 e. The lowest BCUT2D eigenvalue weighted by Crippen LogP contribution is -2.07.